The zero-order valence-electron chi connectivity index (χ0n) is 6.00. The largest absolute Gasteiger partial charge is 0.180 e. The van der Waals surface area contributed by atoms with E-state index in [2.05, 4.69) is 31.0 Å². The Balaban J connectivity index is 2.90. The first-order chi connectivity index (χ1) is 4.11. The van der Waals surface area contributed by atoms with E-state index in [1.54, 1.807) is 17.2 Å². The standard InChI is InChI=1S/C6H11N3/c1-6(2,3)9-7-4-5-8-9/h4-5H,1-3H3. The minimum absolute atomic E-state index is 0.0174. The van der Waals surface area contributed by atoms with Crippen LogP contribution in [0.5, 0.6) is 0 Å². The first-order valence-electron chi connectivity index (χ1n) is 2.97. The van der Waals surface area contributed by atoms with Gasteiger partial charge < -0.3 is 0 Å². The predicted octanol–water partition coefficient (Wildman–Crippen LogP) is 1.03. The Hall–Kier alpha value is -0.860. The molecule has 0 radical (unpaired) electrons. The van der Waals surface area contributed by atoms with Gasteiger partial charge in [-0.1, -0.05) is 0 Å². The smallest absolute Gasteiger partial charge is 0.0740 e. The van der Waals surface area contributed by atoms with E-state index in [0.29, 0.717) is 0 Å². The molecule has 0 bridgehead atoms. The molecule has 0 aromatic carbocycles. The Morgan fingerprint density at radius 3 is 1.78 bits per heavy atom. The number of hydrogen-bond acceptors (Lipinski definition) is 2. The molecule has 0 N–H and O–H groups in total. The van der Waals surface area contributed by atoms with Gasteiger partial charge in [0, 0.05) is 0 Å². The van der Waals surface area contributed by atoms with Gasteiger partial charge in [0.1, 0.15) is 0 Å². The average molecular weight is 125 g/mol. The topological polar surface area (TPSA) is 30.7 Å². The summed E-state index contributed by atoms with van der Waals surface area (Å²) >= 11 is 0. The fourth-order valence-corrected chi connectivity index (χ4v) is 0.562. The molecule has 0 saturated heterocycles. The lowest BCUT2D eigenvalue weighted by Gasteiger charge is -2.16. The maximum Gasteiger partial charge on any atom is 0.0740 e. The van der Waals surface area contributed by atoms with E-state index in [9.17, 15) is 0 Å². The Bertz CT molecular complexity index is 171. The van der Waals surface area contributed by atoms with E-state index >= 15 is 0 Å². The summed E-state index contributed by atoms with van der Waals surface area (Å²) in [5.41, 5.74) is 0.0174. The molecule has 3 heteroatoms. The number of hydrogen-bond donors (Lipinski definition) is 0. The molecule has 0 unspecified atom stereocenters. The summed E-state index contributed by atoms with van der Waals surface area (Å²) in [7, 11) is 0. The summed E-state index contributed by atoms with van der Waals surface area (Å²) in [5.74, 6) is 0. The third kappa shape index (κ3) is 1.28. The van der Waals surface area contributed by atoms with E-state index < -0.39 is 0 Å². The summed E-state index contributed by atoms with van der Waals surface area (Å²) in [6.07, 6.45) is 3.37. The molecule has 3 nitrogen and oxygen atoms in total. The van der Waals surface area contributed by atoms with Gasteiger partial charge in [0.2, 0.25) is 0 Å². The van der Waals surface area contributed by atoms with Gasteiger partial charge >= 0.3 is 0 Å². The molecule has 50 valence electrons. The second-order valence-electron chi connectivity index (χ2n) is 2.99. The summed E-state index contributed by atoms with van der Waals surface area (Å²) in [5, 5.41) is 7.99. The van der Waals surface area contributed by atoms with Gasteiger partial charge in [0.25, 0.3) is 0 Å². The minimum Gasteiger partial charge on any atom is -0.180 e. The van der Waals surface area contributed by atoms with Gasteiger partial charge in [0.15, 0.2) is 0 Å². The number of rotatable bonds is 0. The van der Waals surface area contributed by atoms with Crippen LogP contribution in [0.15, 0.2) is 12.4 Å². The van der Waals surface area contributed by atoms with E-state index in [0.717, 1.165) is 0 Å². The molecule has 0 atom stereocenters. The monoisotopic (exact) mass is 125 g/mol. The summed E-state index contributed by atoms with van der Waals surface area (Å²) < 4.78 is 0. The summed E-state index contributed by atoms with van der Waals surface area (Å²) in [6, 6.07) is 0. The van der Waals surface area contributed by atoms with E-state index in [4.69, 9.17) is 0 Å². The van der Waals surface area contributed by atoms with E-state index in [1.165, 1.54) is 0 Å². The van der Waals surface area contributed by atoms with Crippen LogP contribution in [-0.2, 0) is 5.54 Å². The van der Waals surface area contributed by atoms with Crippen LogP contribution in [0.4, 0.5) is 0 Å². The van der Waals surface area contributed by atoms with Crippen LogP contribution in [0.25, 0.3) is 0 Å². The molecule has 1 heterocycles. The van der Waals surface area contributed by atoms with Crippen molar-refractivity contribution in [3.8, 4) is 0 Å². The fraction of sp³-hybridized carbons (Fsp3) is 0.667. The molecule has 1 rings (SSSR count). The van der Waals surface area contributed by atoms with Crippen molar-refractivity contribution in [3.05, 3.63) is 12.4 Å². The highest BCUT2D eigenvalue weighted by molar-refractivity contribution is 4.69. The molecule has 1 aromatic rings. The Labute approximate surface area is 54.7 Å². The lowest BCUT2D eigenvalue weighted by atomic mass is 10.1. The fourth-order valence-electron chi connectivity index (χ4n) is 0.562. The average Bonchev–Trinajstić information content (AvgIpc) is 2.08. The van der Waals surface area contributed by atoms with Crippen molar-refractivity contribution in [2.24, 2.45) is 0 Å². The Morgan fingerprint density at radius 1 is 1.11 bits per heavy atom. The third-order valence-corrected chi connectivity index (χ3v) is 1.02. The lowest BCUT2D eigenvalue weighted by molar-refractivity contribution is 0.312. The SMILES string of the molecule is CC(C)(C)n1nccn1. The molecule has 0 aliphatic carbocycles. The maximum atomic E-state index is 3.99. The number of aromatic nitrogens is 3. The molecule has 0 aliphatic rings. The van der Waals surface area contributed by atoms with Crippen molar-refractivity contribution in [2.45, 2.75) is 26.3 Å². The van der Waals surface area contributed by atoms with Gasteiger partial charge in [0.05, 0.1) is 17.9 Å². The summed E-state index contributed by atoms with van der Waals surface area (Å²) in [4.78, 5) is 1.69. The second kappa shape index (κ2) is 1.83. The van der Waals surface area contributed by atoms with Crippen molar-refractivity contribution < 1.29 is 0 Å². The Kier molecular flexibility index (Phi) is 1.27. The molecule has 0 spiro atoms. The van der Waals surface area contributed by atoms with E-state index in [1.807, 2.05) is 0 Å². The van der Waals surface area contributed by atoms with Crippen LogP contribution in [-0.4, -0.2) is 15.0 Å². The van der Waals surface area contributed by atoms with Crippen molar-refractivity contribution >= 4 is 0 Å². The quantitative estimate of drug-likeness (QED) is 0.518. The second-order valence-corrected chi connectivity index (χ2v) is 2.99. The molecule has 0 fully saturated rings. The van der Waals surface area contributed by atoms with Crippen LogP contribution in [0.3, 0.4) is 0 Å². The molecule has 0 amide bonds. The predicted molar refractivity (Wildman–Crippen MR) is 35.0 cm³/mol. The van der Waals surface area contributed by atoms with E-state index in [-0.39, 0.29) is 5.54 Å². The zero-order chi connectivity index (χ0) is 6.91. The molecular formula is C6H11N3. The van der Waals surface area contributed by atoms with Crippen LogP contribution in [0, 0.1) is 0 Å². The molecule has 1 aromatic heterocycles. The lowest BCUT2D eigenvalue weighted by Crippen LogP contribution is -2.24. The van der Waals surface area contributed by atoms with Crippen LogP contribution >= 0.6 is 0 Å². The highest BCUT2D eigenvalue weighted by Crippen LogP contribution is 2.07. The van der Waals surface area contributed by atoms with Crippen molar-refractivity contribution in [1.29, 1.82) is 0 Å². The van der Waals surface area contributed by atoms with Crippen molar-refractivity contribution in [2.75, 3.05) is 0 Å². The van der Waals surface area contributed by atoms with Gasteiger partial charge in [-0.2, -0.15) is 15.0 Å². The number of nitrogens with zero attached hydrogens (tertiary/aromatic N) is 3. The Morgan fingerprint density at radius 2 is 1.56 bits per heavy atom. The van der Waals surface area contributed by atoms with Gasteiger partial charge in [-0.15, -0.1) is 0 Å². The maximum absolute atomic E-state index is 3.99. The van der Waals surface area contributed by atoms with Crippen LogP contribution in [0.1, 0.15) is 20.8 Å². The molecular weight excluding hydrogens is 114 g/mol. The van der Waals surface area contributed by atoms with Crippen molar-refractivity contribution in [1.82, 2.24) is 15.0 Å². The normalized spacial score (nSPS) is 11.9. The van der Waals surface area contributed by atoms with Gasteiger partial charge in [-0.3, -0.25) is 0 Å². The highest BCUT2D eigenvalue weighted by Gasteiger charge is 2.12. The molecule has 9 heavy (non-hydrogen) atoms. The van der Waals surface area contributed by atoms with Crippen LogP contribution in [0.2, 0.25) is 0 Å². The third-order valence-electron chi connectivity index (χ3n) is 1.02. The van der Waals surface area contributed by atoms with Crippen LogP contribution < -0.4 is 0 Å². The highest BCUT2D eigenvalue weighted by atomic mass is 15.5. The summed E-state index contributed by atoms with van der Waals surface area (Å²) in [6.45, 7) is 6.19. The first kappa shape index (κ1) is 6.26. The molecule has 0 saturated carbocycles. The first-order valence-corrected chi connectivity index (χ1v) is 2.97. The minimum atomic E-state index is 0.0174. The van der Waals surface area contributed by atoms with Gasteiger partial charge in [-0.05, 0) is 20.8 Å². The van der Waals surface area contributed by atoms with Gasteiger partial charge in [-0.25, -0.2) is 0 Å². The zero-order valence-corrected chi connectivity index (χ0v) is 6.00. The van der Waals surface area contributed by atoms with Crippen molar-refractivity contribution in [3.63, 3.8) is 0 Å². The molecule has 0 aliphatic heterocycles.